The second kappa shape index (κ2) is 7.55. The van der Waals surface area contributed by atoms with Crippen LogP contribution in [0.2, 0.25) is 0 Å². The number of carbonyl (C=O) groups is 1. The van der Waals surface area contributed by atoms with Crippen LogP contribution in [0.1, 0.15) is 17.4 Å². The fourth-order valence-electron chi connectivity index (χ4n) is 2.00. The van der Waals surface area contributed by atoms with Crippen LogP contribution in [0.5, 0.6) is 11.5 Å². The molecule has 25 heavy (non-hydrogen) atoms. The van der Waals surface area contributed by atoms with Gasteiger partial charge in [0.25, 0.3) is 5.91 Å². The summed E-state index contributed by atoms with van der Waals surface area (Å²) in [6, 6.07) is 3.72. The number of halogens is 2. The van der Waals surface area contributed by atoms with Crippen molar-refractivity contribution in [2.24, 2.45) is 0 Å². The van der Waals surface area contributed by atoms with Gasteiger partial charge < -0.3 is 14.8 Å². The number of nitrogens with one attached hydrogen (secondary N) is 1. The van der Waals surface area contributed by atoms with Crippen LogP contribution in [0.4, 0.5) is 20.2 Å². The van der Waals surface area contributed by atoms with E-state index in [1.165, 1.54) is 30.0 Å². The third-order valence-electron chi connectivity index (χ3n) is 3.12. The Morgan fingerprint density at radius 1 is 1.44 bits per heavy atom. The molecule has 0 radical (unpaired) electrons. The van der Waals surface area contributed by atoms with Crippen molar-refractivity contribution in [3.05, 3.63) is 40.2 Å². The van der Waals surface area contributed by atoms with E-state index in [0.29, 0.717) is 6.54 Å². The third kappa shape index (κ3) is 4.19. The summed E-state index contributed by atoms with van der Waals surface area (Å²) >= 11 is 0. The highest BCUT2D eigenvalue weighted by molar-refractivity contribution is 6.05. The predicted octanol–water partition coefficient (Wildman–Crippen LogP) is 2.67. The van der Waals surface area contributed by atoms with E-state index in [1.807, 2.05) is 0 Å². The fraction of sp³-hybridized carbons (Fsp3) is 0.286. The summed E-state index contributed by atoms with van der Waals surface area (Å²) in [5.74, 6) is -1.06. The molecule has 2 aromatic rings. The Hall–Kier alpha value is -3.24. The van der Waals surface area contributed by atoms with E-state index >= 15 is 0 Å². The van der Waals surface area contributed by atoms with Gasteiger partial charge in [-0.2, -0.15) is 13.9 Å². The average Bonchev–Trinajstić information content (AvgIpc) is 3.00. The molecule has 0 saturated carbocycles. The highest BCUT2D eigenvalue weighted by Gasteiger charge is 2.25. The van der Waals surface area contributed by atoms with Gasteiger partial charge in [0.15, 0.2) is 11.5 Å². The first kappa shape index (κ1) is 18.1. The van der Waals surface area contributed by atoms with E-state index in [9.17, 15) is 23.7 Å². The van der Waals surface area contributed by atoms with E-state index in [4.69, 9.17) is 4.74 Å². The quantitative estimate of drug-likeness (QED) is 0.603. The molecule has 0 aliphatic carbocycles. The largest absolute Gasteiger partial charge is 0.493 e. The lowest BCUT2D eigenvalue weighted by molar-refractivity contribution is -0.385. The maximum atomic E-state index is 12.3. The molecule has 1 aromatic heterocycles. The number of ether oxygens (including phenoxy) is 2. The monoisotopic (exact) mass is 356 g/mol. The lowest BCUT2D eigenvalue weighted by Gasteiger charge is -2.11. The molecule has 0 saturated heterocycles. The Kier molecular flexibility index (Phi) is 5.47. The smallest absolute Gasteiger partial charge is 0.387 e. The Balaban J connectivity index is 2.26. The SMILES string of the molecule is CCn1cc([N+](=O)[O-])c(C(=O)Nc2ccc(OC(F)F)c(OC)c2)n1. The summed E-state index contributed by atoms with van der Waals surface area (Å²) in [4.78, 5) is 22.6. The number of hydrogen-bond donors (Lipinski definition) is 1. The van der Waals surface area contributed by atoms with Gasteiger partial charge in [-0.15, -0.1) is 0 Å². The van der Waals surface area contributed by atoms with Gasteiger partial charge in [0.05, 0.1) is 12.0 Å². The maximum Gasteiger partial charge on any atom is 0.387 e. The Morgan fingerprint density at radius 3 is 2.72 bits per heavy atom. The number of rotatable bonds is 7. The Morgan fingerprint density at radius 2 is 2.16 bits per heavy atom. The fourth-order valence-corrected chi connectivity index (χ4v) is 2.00. The van der Waals surface area contributed by atoms with Crippen LogP contribution in [0.25, 0.3) is 0 Å². The van der Waals surface area contributed by atoms with Crippen LogP contribution < -0.4 is 14.8 Å². The number of aromatic nitrogens is 2. The molecular weight excluding hydrogens is 342 g/mol. The zero-order valence-corrected chi connectivity index (χ0v) is 13.2. The van der Waals surface area contributed by atoms with Crippen LogP contribution >= 0.6 is 0 Å². The Bertz CT molecular complexity index is 794. The second-order valence-corrected chi connectivity index (χ2v) is 4.67. The number of carbonyl (C=O) groups excluding carboxylic acids is 1. The van der Waals surface area contributed by atoms with Crippen LogP contribution in [0, 0.1) is 10.1 Å². The molecule has 0 aliphatic rings. The summed E-state index contributed by atoms with van der Waals surface area (Å²) in [7, 11) is 1.24. The van der Waals surface area contributed by atoms with Crippen LogP contribution in [-0.4, -0.2) is 34.3 Å². The van der Waals surface area contributed by atoms with Crippen molar-refractivity contribution in [3.63, 3.8) is 0 Å². The Labute approximate surface area is 140 Å². The molecule has 1 amide bonds. The highest BCUT2D eigenvalue weighted by atomic mass is 19.3. The van der Waals surface area contributed by atoms with Crippen molar-refractivity contribution < 1.29 is 28.0 Å². The van der Waals surface area contributed by atoms with Gasteiger partial charge in [-0.3, -0.25) is 19.6 Å². The minimum absolute atomic E-state index is 0.0355. The molecule has 1 heterocycles. The first-order chi connectivity index (χ1) is 11.8. The minimum Gasteiger partial charge on any atom is -0.493 e. The van der Waals surface area contributed by atoms with Gasteiger partial charge in [0, 0.05) is 18.3 Å². The number of anilines is 1. The van der Waals surface area contributed by atoms with E-state index in [0.717, 1.165) is 6.20 Å². The topological polar surface area (TPSA) is 109 Å². The molecule has 0 aliphatic heterocycles. The van der Waals surface area contributed by atoms with E-state index in [2.05, 4.69) is 15.2 Å². The summed E-state index contributed by atoms with van der Waals surface area (Å²) in [5.41, 5.74) is -0.633. The summed E-state index contributed by atoms with van der Waals surface area (Å²) in [6.07, 6.45) is 1.15. The first-order valence-electron chi connectivity index (χ1n) is 7.01. The van der Waals surface area contributed by atoms with Gasteiger partial charge in [0.2, 0.25) is 5.69 Å². The second-order valence-electron chi connectivity index (χ2n) is 4.67. The predicted molar refractivity (Wildman–Crippen MR) is 82.1 cm³/mol. The number of methoxy groups -OCH3 is 1. The van der Waals surface area contributed by atoms with E-state index < -0.39 is 23.1 Å². The molecule has 9 nitrogen and oxygen atoms in total. The summed E-state index contributed by atoms with van der Waals surface area (Å²) in [5, 5.41) is 17.3. The molecule has 11 heteroatoms. The highest BCUT2D eigenvalue weighted by Crippen LogP contribution is 2.31. The number of aryl methyl sites for hydroxylation is 1. The van der Waals surface area contributed by atoms with Crippen molar-refractivity contribution in [2.45, 2.75) is 20.1 Å². The van der Waals surface area contributed by atoms with Crippen LogP contribution in [-0.2, 0) is 6.54 Å². The van der Waals surface area contributed by atoms with Gasteiger partial charge >= 0.3 is 12.3 Å². The molecule has 2 rings (SSSR count). The van der Waals surface area contributed by atoms with Gasteiger partial charge in [-0.05, 0) is 19.1 Å². The van der Waals surface area contributed by atoms with Crippen molar-refractivity contribution in [3.8, 4) is 11.5 Å². The van der Waals surface area contributed by atoms with E-state index in [-0.39, 0.29) is 22.9 Å². The lowest BCUT2D eigenvalue weighted by Crippen LogP contribution is -2.15. The number of amides is 1. The maximum absolute atomic E-state index is 12.3. The van der Waals surface area contributed by atoms with Gasteiger partial charge in [-0.1, -0.05) is 0 Å². The van der Waals surface area contributed by atoms with Crippen molar-refractivity contribution in [1.82, 2.24) is 9.78 Å². The number of nitrogens with zero attached hydrogens (tertiary/aromatic N) is 3. The lowest BCUT2D eigenvalue weighted by atomic mass is 10.2. The standard InChI is InChI=1S/C14H14F2N4O5/c1-3-19-7-9(20(22)23)12(18-19)13(21)17-8-4-5-10(25-14(15)16)11(6-8)24-2/h4-7,14H,3H2,1-2H3,(H,17,21). The van der Waals surface area contributed by atoms with Crippen molar-refractivity contribution >= 4 is 17.3 Å². The van der Waals surface area contributed by atoms with Crippen molar-refractivity contribution in [1.29, 1.82) is 0 Å². The molecule has 0 bridgehead atoms. The molecule has 1 N–H and O–H groups in total. The zero-order valence-electron chi connectivity index (χ0n) is 13.2. The number of alkyl halides is 2. The van der Waals surface area contributed by atoms with Crippen molar-refractivity contribution in [2.75, 3.05) is 12.4 Å². The summed E-state index contributed by atoms with van der Waals surface area (Å²) in [6.45, 7) is -0.970. The summed E-state index contributed by atoms with van der Waals surface area (Å²) < 4.78 is 35.1. The third-order valence-corrected chi connectivity index (χ3v) is 3.12. The number of nitro groups is 1. The van der Waals surface area contributed by atoms with Crippen LogP contribution in [0.3, 0.4) is 0 Å². The van der Waals surface area contributed by atoms with E-state index in [1.54, 1.807) is 6.92 Å². The molecule has 0 atom stereocenters. The zero-order chi connectivity index (χ0) is 18.6. The molecule has 1 aromatic carbocycles. The van der Waals surface area contributed by atoms with Gasteiger partial charge in [-0.25, -0.2) is 0 Å². The number of hydrogen-bond acceptors (Lipinski definition) is 6. The molecule has 134 valence electrons. The molecule has 0 fully saturated rings. The molecular formula is C14H14F2N4O5. The normalized spacial score (nSPS) is 10.6. The molecule has 0 unspecified atom stereocenters. The minimum atomic E-state index is -3.03. The molecule has 0 spiro atoms. The van der Waals surface area contributed by atoms with Crippen LogP contribution in [0.15, 0.2) is 24.4 Å². The average molecular weight is 356 g/mol. The number of benzene rings is 1. The first-order valence-corrected chi connectivity index (χ1v) is 7.01. The van der Waals surface area contributed by atoms with Gasteiger partial charge in [0.1, 0.15) is 6.20 Å².